The van der Waals surface area contributed by atoms with Crippen molar-refractivity contribution in [2.75, 3.05) is 11.9 Å². The zero-order chi connectivity index (χ0) is 13.0. The topological polar surface area (TPSA) is 39.1 Å². The molecule has 4 heteroatoms. The van der Waals surface area contributed by atoms with Crippen LogP contribution in [0, 0.1) is 6.92 Å². The van der Waals surface area contributed by atoms with E-state index >= 15 is 0 Å². The molecule has 0 spiro atoms. The van der Waals surface area contributed by atoms with Crippen LogP contribution in [0.4, 0.5) is 5.95 Å². The van der Waals surface area contributed by atoms with E-state index in [2.05, 4.69) is 24.1 Å². The highest BCUT2D eigenvalue weighted by Gasteiger charge is 2.06. The van der Waals surface area contributed by atoms with Crippen molar-refractivity contribution >= 4 is 5.95 Å². The molecule has 0 saturated heterocycles. The lowest BCUT2D eigenvalue weighted by Gasteiger charge is -2.15. The van der Waals surface area contributed by atoms with Gasteiger partial charge in [0.1, 0.15) is 12.4 Å². The Morgan fingerprint density at radius 1 is 1.33 bits per heavy atom. The largest absolute Gasteiger partial charge is 0.491 e. The van der Waals surface area contributed by atoms with Crippen molar-refractivity contribution in [1.29, 1.82) is 0 Å². The Kier molecular flexibility index (Phi) is 3.87. The molecule has 0 saturated carbocycles. The summed E-state index contributed by atoms with van der Waals surface area (Å²) in [6.45, 7) is 4.74. The number of aryl methyl sites for hydroxylation is 2. The fourth-order valence-corrected chi connectivity index (χ4v) is 1.62. The van der Waals surface area contributed by atoms with E-state index in [0.29, 0.717) is 6.61 Å². The molecular formula is C14H19N3O. The van der Waals surface area contributed by atoms with Crippen LogP contribution in [0.15, 0.2) is 36.7 Å². The van der Waals surface area contributed by atoms with Crippen LogP contribution in [0.2, 0.25) is 0 Å². The van der Waals surface area contributed by atoms with Gasteiger partial charge in [-0.1, -0.05) is 17.7 Å². The third kappa shape index (κ3) is 3.26. The van der Waals surface area contributed by atoms with Crippen LogP contribution >= 0.6 is 0 Å². The molecule has 0 aliphatic rings. The molecule has 1 heterocycles. The third-order valence-corrected chi connectivity index (χ3v) is 2.72. The monoisotopic (exact) mass is 245 g/mol. The Bertz CT molecular complexity index is 490. The van der Waals surface area contributed by atoms with Crippen LogP contribution in [0.5, 0.6) is 5.75 Å². The van der Waals surface area contributed by atoms with Gasteiger partial charge in [-0.2, -0.15) is 0 Å². The second-order valence-corrected chi connectivity index (χ2v) is 4.53. The molecule has 1 N–H and O–H groups in total. The van der Waals surface area contributed by atoms with Crippen molar-refractivity contribution in [2.24, 2.45) is 7.05 Å². The molecule has 0 aliphatic carbocycles. The minimum Gasteiger partial charge on any atom is -0.491 e. The smallest absolute Gasteiger partial charge is 0.202 e. The number of hydrogen-bond donors (Lipinski definition) is 1. The number of ether oxygens (including phenoxy) is 1. The zero-order valence-electron chi connectivity index (χ0n) is 11.1. The molecule has 1 atom stereocenters. The molecule has 2 aromatic rings. The summed E-state index contributed by atoms with van der Waals surface area (Å²) in [5.74, 6) is 1.75. The predicted molar refractivity (Wildman–Crippen MR) is 73.0 cm³/mol. The third-order valence-electron chi connectivity index (χ3n) is 2.72. The highest BCUT2D eigenvalue weighted by atomic mass is 16.5. The number of nitrogens with zero attached hydrogens (tertiary/aromatic N) is 2. The van der Waals surface area contributed by atoms with Gasteiger partial charge in [0.05, 0.1) is 6.04 Å². The lowest BCUT2D eigenvalue weighted by molar-refractivity contribution is 0.303. The minimum atomic E-state index is 0.201. The summed E-state index contributed by atoms with van der Waals surface area (Å²) in [4.78, 5) is 4.22. The van der Waals surface area contributed by atoms with Gasteiger partial charge in [0, 0.05) is 19.4 Å². The number of benzene rings is 1. The summed E-state index contributed by atoms with van der Waals surface area (Å²) in [5, 5.41) is 3.30. The summed E-state index contributed by atoms with van der Waals surface area (Å²) < 4.78 is 7.66. The van der Waals surface area contributed by atoms with Crippen molar-refractivity contribution in [3.63, 3.8) is 0 Å². The van der Waals surface area contributed by atoms with Crippen LogP contribution < -0.4 is 10.1 Å². The molecule has 18 heavy (non-hydrogen) atoms. The van der Waals surface area contributed by atoms with Gasteiger partial charge >= 0.3 is 0 Å². The number of aromatic nitrogens is 2. The van der Waals surface area contributed by atoms with Crippen LogP contribution in [0.3, 0.4) is 0 Å². The van der Waals surface area contributed by atoms with Crippen LogP contribution in [-0.4, -0.2) is 22.2 Å². The van der Waals surface area contributed by atoms with E-state index in [1.54, 1.807) is 6.20 Å². The number of hydrogen-bond acceptors (Lipinski definition) is 3. The SMILES string of the molecule is Cc1ccc(OCC(C)Nc2nccn2C)cc1. The fourth-order valence-electron chi connectivity index (χ4n) is 1.62. The standard InChI is InChI=1S/C14H19N3O/c1-11-4-6-13(7-5-11)18-10-12(2)16-14-15-8-9-17(14)3/h4-9,12H,10H2,1-3H3,(H,15,16). The van der Waals surface area contributed by atoms with Crippen LogP contribution in [-0.2, 0) is 7.05 Å². The van der Waals surface area contributed by atoms with Crippen molar-refractivity contribution in [3.8, 4) is 5.75 Å². The molecule has 0 aliphatic heterocycles. The van der Waals surface area contributed by atoms with Crippen LogP contribution in [0.1, 0.15) is 12.5 Å². The summed E-state index contributed by atoms with van der Waals surface area (Å²) >= 11 is 0. The molecule has 1 aromatic carbocycles. The Balaban J connectivity index is 1.83. The average molecular weight is 245 g/mol. The Labute approximate surface area is 108 Å². The summed E-state index contributed by atoms with van der Waals surface area (Å²) in [5.41, 5.74) is 1.24. The quantitative estimate of drug-likeness (QED) is 0.880. The Morgan fingerprint density at radius 3 is 2.67 bits per heavy atom. The molecule has 0 bridgehead atoms. The van der Waals surface area contributed by atoms with Gasteiger partial charge < -0.3 is 14.6 Å². The summed E-state index contributed by atoms with van der Waals surface area (Å²) in [6.07, 6.45) is 3.69. The van der Waals surface area contributed by atoms with Crippen molar-refractivity contribution in [3.05, 3.63) is 42.2 Å². The Morgan fingerprint density at radius 2 is 2.06 bits per heavy atom. The molecule has 96 valence electrons. The van der Waals surface area contributed by atoms with Gasteiger partial charge in [0.25, 0.3) is 0 Å². The van der Waals surface area contributed by atoms with E-state index in [0.717, 1.165) is 11.7 Å². The fraction of sp³-hybridized carbons (Fsp3) is 0.357. The number of anilines is 1. The minimum absolute atomic E-state index is 0.201. The van der Waals surface area contributed by atoms with Crippen molar-refractivity contribution < 1.29 is 4.74 Å². The van der Waals surface area contributed by atoms with Gasteiger partial charge in [-0.3, -0.25) is 0 Å². The first-order valence-electron chi connectivity index (χ1n) is 6.08. The maximum absolute atomic E-state index is 5.71. The van der Waals surface area contributed by atoms with Crippen LogP contribution in [0.25, 0.3) is 0 Å². The average Bonchev–Trinajstić information content (AvgIpc) is 2.74. The zero-order valence-corrected chi connectivity index (χ0v) is 11.1. The van der Waals surface area contributed by atoms with Gasteiger partial charge in [-0.05, 0) is 26.0 Å². The summed E-state index contributed by atoms with van der Waals surface area (Å²) in [7, 11) is 1.96. The molecule has 4 nitrogen and oxygen atoms in total. The van der Waals surface area contributed by atoms with E-state index in [4.69, 9.17) is 4.74 Å². The normalized spacial score (nSPS) is 12.2. The highest BCUT2D eigenvalue weighted by molar-refractivity contribution is 5.28. The van der Waals surface area contributed by atoms with E-state index < -0.39 is 0 Å². The molecule has 2 rings (SSSR count). The van der Waals surface area contributed by atoms with Gasteiger partial charge in [0.2, 0.25) is 5.95 Å². The molecule has 1 aromatic heterocycles. The van der Waals surface area contributed by atoms with Gasteiger partial charge in [-0.25, -0.2) is 4.98 Å². The maximum atomic E-state index is 5.71. The second kappa shape index (κ2) is 5.58. The second-order valence-electron chi connectivity index (χ2n) is 4.53. The van der Waals surface area contributed by atoms with Gasteiger partial charge in [-0.15, -0.1) is 0 Å². The molecule has 0 radical (unpaired) electrons. The van der Waals surface area contributed by atoms with E-state index in [9.17, 15) is 0 Å². The number of rotatable bonds is 5. The van der Waals surface area contributed by atoms with E-state index in [-0.39, 0.29) is 6.04 Å². The number of nitrogens with one attached hydrogen (secondary N) is 1. The first kappa shape index (κ1) is 12.5. The molecule has 1 unspecified atom stereocenters. The van der Waals surface area contributed by atoms with Crippen molar-refractivity contribution in [2.45, 2.75) is 19.9 Å². The molecule has 0 amide bonds. The van der Waals surface area contributed by atoms with Crippen molar-refractivity contribution in [1.82, 2.24) is 9.55 Å². The first-order chi connectivity index (χ1) is 8.65. The predicted octanol–water partition coefficient (Wildman–Crippen LogP) is 2.61. The van der Waals surface area contributed by atoms with E-state index in [1.165, 1.54) is 5.56 Å². The van der Waals surface area contributed by atoms with E-state index in [1.807, 2.05) is 42.1 Å². The first-order valence-corrected chi connectivity index (χ1v) is 6.08. The van der Waals surface area contributed by atoms with Gasteiger partial charge in [0.15, 0.2) is 0 Å². The molecular weight excluding hydrogens is 226 g/mol. The molecule has 0 fully saturated rings. The Hall–Kier alpha value is -1.97. The maximum Gasteiger partial charge on any atom is 0.202 e. The summed E-state index contributed by atoms with van der Waals surface area (Å²) in [6, 6.07) is 8.27. The number of imidazole rings is 1. The lowest BCUT2D eigenvalue weighted by atomic mass is 10.2. The highest BCUT2D eigenvalue weighted by Crippen LogP contribution is 2.12. The lowest BCUT2D eigenvalue weighted by Crippen LogP contribution is -2.25.